The molecule has 4 rings (SSSR count). The maximum atomic E-state index is 12.7. The number of aryl methyl sites for hydroxylation is 2. The van der Waals surface area contributed by atoms with E-state index < -0.39 is 10.0 Å². The Morgan fingerprint density at radius 3 is 2.58 bits per heavy atom. The fourth-order valence-electron chi connectivity index (χ4n) is 3.67. The summed E-state index contributed by atoms with van der Waals surface area (Å²) < 4.78 is 30.7. The van der Waals surface area contributed by atoms with Gasteiger partial charge in [0, 0.05) is 52.4 Å². The monoisotopic (exact) mass is 379 g/mol. The minimum Gasteiger partial charge on any atom is -0.314 e. The summed E-state index contributed by atoms with van der Waals surface area (Å²) in [6.07, 6.45) is 7.57. The number of aromatic nitrogens is 5. The molecule has 1 saturated heterocycles. The van der Waals surface area contributed by atoms with Crippen LogP contribution in [0.4, 0.5) is 0 Å². The number of nitrogens with zero attached hydrogens (tertiary/aromatic N) is 7. The van der Waals surface area contributed by atoms with Gasteiger partial charge in [-0.15, -0.1) is 10.2 Å². The smallest absolute Gasteiger partial charge is 0.246 e. The molecule has 10 heteroatoms. The van der Waals surface area contributed by atoms with Gasteiger partial charge in [0.15, 0.2) is 0 Å². The third-order valence-corrected chi connectivity index (χ3v) is 7.05. The van der Waals surface area contributed by atoms with Gasteiger partial charge in [-0.1, -0.05) is 6.42 Å². The van der Waals surface area contributed by atoms with E-state index in [1.54, 1.807) is 17.5 Å². The Hall–Kier alpha value is -1.78. The Labute approximate surface area is 153 Å². The van der Waals surface area contributed by atoms with Crippen molar-refractivity contribution in [3.8, 4) is 0 Å². The molecule has 142 valence electrons. The largest absolute Gasteiger partial charge is 0.314 e. The highest BCUT2D eigenvalue weighted by molar-refractivity contribution is 7.89. The average Bonchev–Trinajstić information content (AvgIpc) is 3.15. The van der Waals surface area contributed by atoms with Crippen molar-refractivity contribution in [3.05, 3.63) is 24.0 Å². The molecule has 0 radical (unpaired) electrons. The Morgan fingerprint density at radius 1 is 1.04 bits per heavy atom. The van der Waals surface area contributed by atoms with Crippen molar-refractivity contribution in [1.29, 1.82) is 0 Å². The lowest BCUT2D eigenvalue weighted by Gasteiger charge is -2.33. The second kappa shape index (κ2) is 7.09. The maximum absolute atomic E-state index is 12.7. The van der Waals surface area contributed by atoms with Gasteiger partial charge in [0.2, 0.25) is 10.0 Å². The summed E-state index contributed by atoms with van der Waals surface area (Å²) >= 11 is 0. The predicted octanol–water partition coefficient (Wildman–Crippen LogP) is 0.245. The van der Waals surface area contributed by atoms with Crippen LogP contribution in [0.2, 0.25) is 0 Å². The lowest BCUT2D eigenvalue weighted by Crippen LogP contribution is -2.48. The van der Waals surface area contributed by atoms with E-state index in [9.17, 15) is 8.42 Å². The van der Waals surface area contributed by atoms with E-state index in [-0.39, 0.29) is 4.90 Å². The minimum atomic E-state index is -3.46. The molecule has 0 bridgehead atoms. The lowest BCUT2D eigenvalue weighted by atomic mass is 10.2. The molecule has 26 heavy (non-hydrogen) atoms. The predicted molar refractivity (Wildman–Crippen MR) is 94.8 cm³/mol. The van der Waals surface area contributed by atoms with Gasteiger partial charge in [-0.05, 0) is 12.8 Å². The van der Waals surface area contributed by atoms with Gasteiger partial charge in [0.25, 0.3) is 0 Å². The van der Waals surface area contributed by atoms with Crippen LogP contribution in [0.15, 0.2) is 17.3 Å². The Morgan fingerprint density at radius 2 is 1.85 bits per heavy atom. The van der Waals surface area contributed by atoms with Crippen molar-refractivity contribution in [3.63, 3.8) is 0 Å². The fraction of sp³-hybridized carbons (Fsp3) is 0.688. The van der Waals surface area contributed by atoms with Crippen LogP contribution in [0, 0.1) is 0 Å². The van der Waals surface area contributed by atoms with E-state index in [1.165, 1.54) is 30.1 Å². The molecular formula is C16H25N7O2S. The quantitative estimate of drug-likeness (QED) is 0.756. The molecule has 9 nitrogen and oxygen atoms in total. The number of fused-ring (bicyclic) bond motifs is 1. The summed E-state index contributed by atoms with van der Waals surface area (Å²) in [4.78, 5) is 2.52. The summed E-state index contributed by atoms with van der Waals surface area (Å²) in [6, 6.07) is 0. The number of hydrogen-bond donors (Lipinski definition) is 0. The summed E-state index contributed by atoms with van der Waals surface area (Å²) in [5.41, 5.74) is 0. The Bertz CT molecular complexity index is 865. The summed E-state index contributed by atoms with van der Waals surface area (Å²) in [7, 11) is -1.74. The highest BCUT2D eigenvalue weighted by Crippen LogP contribution is 2.19. The van der Waals surface area contributed by atoms with Gasteiger partial charge in [-0.25, -0.2) is 8.42 Å². The van der Waals surface area contributed by atoms with Gasteiger partial charge in [-0.2, -0.15) is 9.40 Å². The summed E-state index contributed by atoms with van der Waals surface area (Å²) in [5, 5.41) is 12.7. The maximum Gasteiger partial charge on any atom is 0.246 e. The molecular weight excluding hydrogens is 354 g/mol. The first kappa shape index (κ1) is 17.6. The average molecular weight is 379 g/mol. The van der Waals surface area contributed by atoms with Crippen LogP contribution in [-0.4, -0.2) is 68.3 Å². The first-order valence-electron chi connectivity index (χ1n) is 9.16. The van der Waals surface area contributed by atoms with E-state index >= 15 is 0 Å². The normalized spacial score (nSPS) is 20.0. The number of hydrogen-bond acceptors (Lipinski definition) is 6. The molecule has 0 saturated carbocycles. The molecule has 0 amide bonds. The highest BCUT2D eigenvalue weighted by atomic mass is 32.2. The van der Waals surface area contributed by atoms with E-state index in [0.717, 1.165) is 31.2 Å². The fourth-order valence-corrected chi connectivity index (χ4v) is 5.08. The van der Waals surface area contributed by atoms with Gasteiger partial charge < -0.3 is 4.57 Å². The molecule has 2 aliphatic heterocycles. The first-order chi connectivity index (χ1) is 12.5. The second-order valence-electron chi connectivity index (χ2n) is 7.02. The molecule has 2 aromatic heterocycles. The zero-order valence-corrected chi connectivity index (χ0v) is 15.9. The van der Waals surface area contributed by atoms with Crippen LogP contribution >= 0.6 is 0 Å². The highest BCUT2D eigenvalue weighted by Gasteiger charge is 2.30. The standard InChI is InChI=1S/C16H25N7O2S/c1-20-12-14(11-17-20)26(24,25)22-9-7-21(8-10-22)13-16-19-18-15-5-3-2-4-6-23(15)16/h11-12H,2-10,13H2,1H3. The van der Waals surface area contributed by atoms with Gasteiger partial charge in [-0.3, -0.25) is 9.58 Å². The van der Waals surface area contributed by atoms with Gasteiger partial charge in [0.1, 0.15) is 16.5 Å². The van der Waals surface area contributed by atoms with E-state index in [4.69, 9.17) is 0 Å². The molecule has 0 spiro atoms. The van der Waals surface area contributed by atoms with Crippen LogP contribution < -0.4 is 0 Å². The lowest BCUT2D eigenvalue weighted by molar-refractivity contribution is 0.176. The van der Waals surface area contributed by atoms with Crippen LogP contribution in [0.3, 0.4) is 0 Å². The van der Waals surface area contributed by atoms with Crippen molar-refractivity contribution in [2.75, 3.05) is 26.2 Å². The minimum absolute atomic E-state index is 0.260. The summed E-state index contributed by atoms with van der Waals surface area (Å²) in [6.45, 7) is 4.08. The zero-order chi connectivity index (χ0) is 18.1. The van der Waals surface area contributed by atoms with Crippen LogP contribution in [0.5, 0.6) is 0 Å². The number of rotatable bonds is 4. The first-order valence-corrected chi connectivity index (χ1v) is 10.6. The molecule has 0 atom stereocenters. The van der Waals surface area contributed by atoms with Crippen LogP contribution in [-0.2, 0) is 36.6 Å². The van der Waals surface area contributed by atoms with Crippen molar-refractivity contribution < 1.29 is 8.42 Å². The molecule has 2 aliphatic rings. The SMILES string of the molecule is Cn1cc(S(=O)(=O)N2CCN(Cc3nnc4n3CCCCC4)CC2)cn1. The molecule has 0 unspecified atom stereocenters. The third kappa shape index (κ3) is 3.40. The topological polar surface area (TPSA) is 89.2 Å². The van der Waals surface area contributed by atoms with Crippen molar-refractivity contribution in [1.82, 2.24) is 33.8 Å². The van der Waals surface area contributed by atoms with E-state index in [1.807, 2.05) is 0 Å². The Balaban J connectivity index is 1.39. The number of piperazine rings is 1. The van der Waals surface area contributed by atoms with Crippen molar-refractivity contribution in [2.24, 2.45) is 7.05 Å². The zero-order valence-electron chi connectivity index (χ0n) is 15.1. The van der Waals surface area contributed by atoms with Crippen LogP contribution in [0.1, 0.15) is 30.9 Å². The van der Waals surface area contributed by atoms with Crippen LogP contribution in [0.25, 0.3) is 0 Å². The number of sulfonamides is 1. The molecule has 4 heterocycles. The summed E-state index contributed by atoms with van der Waals surface area (Å²) in [5.74, 6) is 2.10. The van der Waals surface area contributed by atoms with Gasteiger partial charge >= 0.3 is 0 Å². The van der Waals surface area contributed by atoms with Crippen molar-refractivity contribution in [2.45, 2.75) is 43.7 Å². The van der Waals surface area contributed by atoms with Gasteiger partial charge in [0.05, 0.1) is 12.7 Å². The molecule has 1 fully saturated rings. The molecule has 0 N–H and O–H groups in total. The third-order valence-electron chi connectivity index (χ3n) is 5.20. The molecule has 2 aromatic rings. The van der Waals surface area contributed by atoms with Crippen molar-refractivity contribution >= 4 is 10.0 Å². The second-order valence-corrected chi connectivity index (χ2v) is 8.96. The van der Waals surface area contributed by atoms with E-state index in [0.29, 0.717) is 26.2 Å². The Kier molecular flexibility index (Phi) is 4.80. The molecule has 0 aromatic carbocycles. The molecule has 0 aliphatic carbocycles. The van der Waals surface area contributed by atoms with E-state index in [2.05, 4.69) is 24.8 Å².